The largest absolute Gasteiger partial charge is 0.444 e. The van der Waals surface area contributed by atoms with Crippen LogP contribution in [0.1, 0.15) is 97.7 Å². The van der Waals surface area contributed by atoms with Crippen molar-refractivity contribution in [2.45, 2.75) is 98.3 Å². The summed E-state index contributed by atoms with van der Waals surface area (Å²) in [6, 6.07) is 5.45. The number of unbranched alkanes of at least 4 members (excludes halogenated alkanes) is 2. The second kappa shape index (κ2) is 15.2. The van der Waals surface area contributed by atoms with E-state index in [2.05, 4.69) is 23.5 Å². The van der Waals surface area contributed by atoms with E-state index < -0.39 is 23.8 Å². The monoisotopic (exact) mass is 499 g/mol. The average molecular weight is 500 g/mol. The summed E-state index contributed by atoms with van der Waals surface area (Å²) in [6.07, 6.45) is 8.84. The molecule has 1 rings (SSSR count). The van der Waals surface area contributed by atoms with E-state index in [-0.39, 0.29) is 17.7 Å². The molecular weight excluding hydrogens is 454 g/mol. The molecule has 0 heterocycles. The van der Waals surface area contributed by atoms with Crippen molar-refractivity contribution in [3.8, 4) is 12.3 Å². The van der Waals surface area contributed by atoms with E-state index in [0.29, 0.717) is 37.1 Å². The lowest BCUT2D eigenvalue weighted by Crippen LogP contribution is -2.53. The molecule has 0 bridgehead atoms. The van der Waals surface area contributed by atoms with Gasteiger partial charge in [-0.05, 0) is 63.6 Å². The van der Waals surface area contributed by atoms with Crippen molar-refractivity contribution in [1.29, 1.82) is 0 Å². The highest BCUT2D eigenvalue weighted by Crippen LogP contribution is 2.25. The maximum atomic E-state index is 13.9. The van der Waals surface area contributed by atoms with E-state index >= 15 is 0 Å². The predicted octanol–water partition coefficient (Wildman–Crippen LogP) is 5.19. The highest BCUT2D eigenvalue weighted by Gasteiger charge is 2.36. The molecular formula is C29H45N3O4. The zero-order chi connectivity index (χ0) is 27.3. The summed E-state index contributed by atoms with van der Waals surface area (Å²) in [6.45, 7) is 14.2. The van der Waals surface area contributed by atoms with Crippen LogP contribution >= 0.6 is 0 Å². The van der Waals surface area contributed by atoms with Gasteiger partial charge in [0.05, 0.1) is 0 Å². The third kappa shape index (κ3) is 10.7. The van der Waals surface area contributed by atoms with Crippen LogP contribution in [-0.2, 0) is 14.3 Å². The maximum Gasteiger partial charge on any atom is 0.408 e. The van der Waals surface area contributed by atoms with Gasteiger partial charge in [-0.15, -0.1) is 6.42 Å². The van der Waals surface area contributed by atoms with Gasteiger partial charge in [0.15, 0.2) is 0 Å². The van der Waals surface area contributed by atoms with E-state index in [1.807, 2.05) is 20.8 Å². The maximum absolute atomic E-state index is 13.9. The zero-order valence-corrected chi connectivity index (χ0v) is 23.1. The van der Waals surface area contributed by atoms with Crippen LogP contribution in [-0.4, -0.2) is 47.5 Å². The minimum atomic E-state index is -0.846. The third-order valence-corrected chi connectivity index (χ3v) is 5.48. The predicted molar refractivity (Wildman–Crippen MR) is 144 cm³/mol. The fourth-order valence-corrected chi connectivity index (χ4v) is 3.87. The summed E-state index contributed by atoms with van der Waals surface area (Å²) in [7, 11) is 0. The van der Waals surface area contributed by atoms with E-state index in [1.54, 1.807) is 49.9 Å². The van der Waals surface area contributed by atoms with Gasteiger partial charge in [0.25, 0.3) is 0 Å². The molecule has 200 valence electrons. The highest BCUT2D eigenvalue weighted by atomic mass is 16.6. The standard InChI is InChI=1S/C29H45N3O4/c1-9-12-13-18-30-26(33)25(23-16-14-22(11-3)15-17-23)32(19-10-2)27(34)24(20-21(4)5)31-28(35)36-29(6,7)8/h3,14-17,21,24-25H,9-10,12-13,18-20H2,1-2,4-8H3,(H,30,33)(H,31,35). The summed E-state index contributed by atoms with van der Waals surface area (Å²) < 4.78 is 5.41. The summed E-state index contributed by atoms with van der Waals surface area (Å²) in [5.41, 5.74) is 0.668. The molecule has 2 N–H and O–H groups in total. The van der Waals surface area contributed by atoms with Crippen LogP contribution < -0.4 is 10.6 Å². The van der Waals surface area contributed by atoms with E-state index in [0.717, 1.165) is 19.3 Å². The van der Waals surface area contributed by atoms with Crippen molar-refractivity contribution in [2.24, 2.45) is 5.92 Å². The van der Waals surface area contributed by atoms with Gasteiger partial charge in [-0.1, -0.05) is 58.6 Å². The Kier molecular flexibility index (Phi) is 13.1. The SMILES string of the molecule is C#Cc1ccc(C(C(=O)NCCCCC)N(CCC)C(=O)C(CC(C)C)NC(=O)OC(C)(C)C)cc1. The van der Waals surface area contributed by atoms with Crippen molar-refractivity contribution in [3.05, 3.63) is 35.4 Å². The topological polar surface area (TPSA) is 87.7 Å². The van der Waals surface area contributed by atoms with Gasteiger partial charge in [-0.2, -0.15) is 0 Å². The Morgan fingerprint density at radius 2 is 1.69 bits per heavy atom. The third-order valence-electron chi connectivity index (χ3n) is 5.48. The summed E-state index contributed by atoms with van der Waals surface area (Å²) in [4.78, 5) is 41.6. The smallest absolute Gasteiger partial charge is 0.408 e. The Bertz CT molecular complexity index is 881. The van der Waals surface area contributed by atoms with Crippen LogP contribution in [0.3, 0.4) is 0 Å². The van der Waals surface area contributed by atoms with Gasteiger partial charge in [-0.25, -0.2) is 4.79 Å². The van der Waals surface area contributed by atoms with E-state index in [4.69, 9.17) is 11.2 Å². The summed E-state index contributed by atoms with van der Waals surface area (Å²) in [5, 5.41) is 5.76. The molecule has 0 saturated carbocycles. The Morgan fingerprint density at radius 3 is 2.19 bits per heavy atom. The van der Waals surface area contributed by atoms with Crippen molar-refractivity contribution in [1.82, 2.24) is 15.5 Å². The molecule has 7 nitrogen and oxygen atoms in total. The minimum Gasteiger partial charge on any atom is -0.444 e. The molecule has 0 aromatic heterocycles. The highest BCUT2D eigenvalue weighted by molar-refractivity contribution is 5.92. The molecule has 0 radical (unpaired) electrons. The van der Waals surface area contributed by atoms with Gasteiger partial charge in [0.1, 0.15) is 17.7 Å². The van der Waals surface area contributed by atoms with Crippen LogP contribution in [0, 0.1) is 18.3 Å². The van der Waals surface area contributed by atoms with Crippen molar-refractivity contribution in [2.75, 3.05) is 13.1 Å². The first kappa shape index (κ1) is 31.0. The molecule has 0 aliphatic heterocycles. The first-order valence-electron chi connectivity index (χ1n) is 13.1. The van der Waals surface area contributed by atoms with Gasteiger partial charge in [0.2, 0.25) is 11.8 Å². The second-order valence-corrected chi connectivity index (χ2v) is 10.5. The number of rotatable bonds is 13. The van der Waals surface area contributed by atoms with Crippen molar-refractivity contribution < 1.29 is 19.1 Å². The number of hydrogen-bond donors (Lipinski definition) is 2. The van der Waals surface area contributed by atoms with Gasteiger partial charge in [0, 0.05) is 18.7 Å². The van der Waals surface area contributed by atoms with Gasteiger partial charge < -0.3 is 20.3 Å². The molecule has 7 heteroatoms. The number of amides is 3. The lowest BCUT2D eigenvalue weighted by molar-refractivity contribution is -0.142. The van der Waals surface area contributed by atoms with E-state index in [1.165, 1.54) is 0 Å². The van der Waals surface area contributed by atoms with Gasteiger partial charge >= 0.3 is 6.09 Å². The Morgan fingerprint density at radius 1 is 1.06 bits per heavy atom. The number of hydrogen-bond acceptors (Lipinski definition) is 4. The zero-order valence-electron chi connectivity index (χ0n) is 23.1. The van der Waals surface area contributed by atoms with Crippen molar-refractivity contribution in [3.63, 3.8) is 0 Å². The summed E-state index contributed by atoms with van der Waals surface area (Å²) >= 11 is 0. The number of terminal acetylenes is 1. The fraction of sp³-hybridized carbons (Fsp3) is 0.621. The Balaban J connectivity index is 3.37. The molecule has 2 unspecified atom stereocenters. The molecule has 1 aromatic carbocycles. The van der Waals surface area contributed by atoms with Crippen LogP contribution in [0.2, 0.25) is 0 Å². The first-order chi connectivity index (χ1) is 16.9. The van der Waals surface area contributed by atoms with Crippen LogP contribution in [0.25, 0.3) is 0 Å². The molecule has 0 aliphatic rings. The lowest BCUT2D eigenvalue weighted by Gasteiger charge is -2.35. The van der Waals surface area contributed by atoms with E-state index in [9.17, 15) is 14.4 Å². The van der Waals surface area contributed by atoms with Crippen LogP contribution in [0.15, 0.2) is 24.3 Å². The van der Waals surface area contributed by atoms with Crippen LogP contribution in [0.5, 0.6) is 0 Å². The molecule has 0 aliphatic carbocycles. The quantitative estimate of drug-likeness (QED) is 0.289. The summed E-state index contributed by atoms with van der Waals surface area (Å²) in [5.74, 6) is 2.16. The number of ether oxygens (including phenoxy) is 1. The number of nitrogens with one attached hydrogen (secondary N) is 2. The number of carbonyl (C=O) groups excluding carboxylic acids is 3. The normalized spacial score (nSPS) is 12.9. The molecule has 1 aromatic rings. The van der Waals surface area contributed by atoms with Crippen LogP contribution in [0.4, 0.5) is 4.79 Å². The molecule has 3 amide bonds. The number of carbonyl (C=O) groups is 3. The fourth-order valence-electron chi connectivity index (χ4n) is 3.87. The molecule has 0 fully saturated rings. The second-order valence-electron chi connectivity index (χ2n) is 10.5. The number of alkyl carbamates (subject to hydrolysis) is 1. The Labute approximate surface area is 217 Å². The molecule has 0 saturated heterocycles. The minimum absolute atomic E-state index is 0.133. The molecule has 0 spiro atoms. The average Bonchev–Trinajstić information content (AvgIpc) is 2.79. The Hall–Kier alpha value is -3.01. The number of nitrogens with zero attached hydrogens (tertiary/aromatic N) is 1. The lowest BCUT2D eigenvalue weighted by atomic mass is 9.98. The molecule has 36 heavy (non-hydrogen) atoms. The van der Waals surface area contributed by atoms with Crippen molar-refractivity contribution >= 4 is 17.9 Å². The molecule has 2 atom stereocenters. The number of benzene rings is 1. The first-order valence-corrected chi connectivity index (χ1v) is 13.1. The van der Waals surface area contributed by atoms with Gasteiger partial charge in [-0.3, -0.25) is 9.59 Å².